The number of aryl methyl sites for hydroxylation is 1. The molecule has 0 saturated heterocycles. The molecule has 3 nitrogen and oxygen atoms in total. The number of rotatable bonds is 1. The summed E-state index contributed by atoms with van der Waals surface area (Å²) in [6, 6.07) is 14.1. The maximum atomic E-state index is 4.60. The van der Waals surface area contributed by atoms with Gasteiger partial charge in [0.2, 0.25) is 0 Å². The van der Waals surface area contributed by atoms with Crippen LogP contribution >= 0.6 is 0 Å². The molecular formula is C14H11N3. The van der Waals surface area contributed by atoms with E-state index in [2.05, 4.69) is 27.1 Å². The van der Waals surface area contributed by atoms with E-state index < -0.39 is 0 Å². The third kappa shape index (κ3) is 1.87. The van der Waals surface area contributed by atoms with Gasteiger partial charge in [0.1, 0.15) is 6.33 Å². The molecule has 82 valence electrons. The molecule has 3 heteroatoms. The number of aromatic nitrogens is 3. The van der Waals surface area contributed by atoms with E-state index >= 15 is 0 Å². The standard InChI is InChI=1S/C14H11N3/c1-10-8-14(16-9-15-10)13-7-6-11-4-2-3-5-12(11)17-13/h2-9H,1H3. The zero-order valence-corrected chi connectivity index (χ0v) is 9.46. The minimum atomic E-state index is 0.864. The Morgan fingerprint density at radius 3 is 2.65 bits per heavy atom. The van der Waals surface area contributed by atoms with Crippen LogP contribution < -0.4 is 0 Å². The summed E-state index contributed by atoms with van der Waals surface area (Å²) in [5.41, 5.74) is 3.68. The summed E-state index contributed by atoms with van der Waals surface area (Å²) in [5.74, 6) is 0. The highest BCUT2D eigenvalue weighted by atomic mass is 14.9. The van der Waals surface area contributed by atoms with Crippen LogP contribution in [-0.4, -0.2) is 15.0 Å². The van der Waals surface area contributed by atoms with Gasteiger partial charge in [0.05, 0.1) is 16.9 Å². The molecule has 0 bridgehead atoms. The van der Waals surface area contributed by atoms with Gasteiger partial charge in [-0.2, -0.15) is 0 Å². The predicted molar refractivity (Wildman–Crippen MR) is 67.5 cm³/mol. The quantitative estimate of drug-likeness (QED) is 0.634. The number of nitrogens with zero attached hydrogens (tertiary/aromatic N) is 3. The van der Waals surface area contributed by atoms with E-state index in [0.717, 1.165) is 28.0 Å². The summed E-state index contributed by atoms with van der Waals surface area (Å²) in [6.07, 6.45) is 1.57. The SMILES string of the molecule is Cc1cc(-c2ccc3ccccc3n2)ncn1. The summed E-state index contributed by atoms with van der Waals surface area (Å²) >= 11 is 0. The van der Waals surface area contributed by atoms with Gasteiger partial charge in [-0.05, 0) is 25.1 Å². The van der Waals surface area contributed by atoms with Gasteiger partial charge >= 0.3 is 0 Å². The highest BCUT2D eigenvalue weighted by Gasteiger charge is 2.02. The van der Waals surface area contributed by atoms with Crippen molar-refractivity contribution in [3.8, 4) is 11.4 Å². The van der Waals surface area contributed by atoms with Crippen LogP contribution in [0, 0.1) is 6.92 Å². The van der Waals surface area contributed by atoms with Gasteiger partial charge in [-0.25, -0.2) is 15.0 Å². The van der Waals surface area contributed by atoms with Gasteiger partial charge in [0, 0.05) is 11.1 Å². The van der Waals surface area contributed by atoms with Crippen LogP contribution in [0.2, 0.25) is 0 Å². The first kappa shape index (κ1) is 9.90. The molecule has 0 amide bonds. The van der Waals surface area contributed by atoms with E-state index in [1.807, 2.05) is 37.3 Å². The topological polar surface area (TPSA) is 38.7 Å². The summed E-state index contributed by atoms with van der Waals surface area (Å²) < 4.78 is 0. The molecule has 0 aliphatic heterocycles. The summed E-state index contributed by atoms with van der Waals surface area (Å²) in [7, 11) is 0. The third-order valence-corrected chi connectivity index (χ3v) is 2.66. The van der Waals surface area contributed by atoms with Crippen LogP contribution in [0.1, 0.15) is 5.69 Å². The molecule has 0 saturated carbocycles. The molecule has 0 spiro atoms. The number of benzene rings is 1. The lowest BCUT2D eigenvalue weighted by molar-refractivity contribution is 1.10. The van der Waals surface area contributed by atoms with Crippen molar-refractivity contribution in [2.45, 2.75) is 6.92 Å². The lowest BCUT2D eigenvalue weighted by Crippen LogP contribution is -1.90. The molecular weight excluding hydrogens is 210 g/mol. The molecule has 2 aromatic heterocycles. The maximum absolute atomic E-state index is 4.60. The van der Waals surface area contributed by atoms with Gasteiger partial charge in [0.25, 0.3) is 0 Å². The Hall–Kier alpha value is -2.29. The van der Waals surface area contributed by atoms with E-state index in [1.165, 1.54) is 0 Å². The van der Waals surface area contributed by atoms with Gasteiger partial charge in [-0.3, -0.25) is 0 Å². The first-order valence-electron chi connectivity index (χ1n) is 5.48. The van der Waals surface area contributed by atoms with Crippen molar-refractivity contribution < 1.29 is 0 Å². The second kappa shape index (κ2) is 3.94. The van der Waals surface area contributed by atoms with Crippen LogP contribution in [0.25, 0.3) is 22.3 Å². The second-order valence-electron chi connectivity index (χ2n) is 3.93. The van der Waals surface area contributed by atoms with Gasteiger partial charge in [0.15, 0.2) is 0 Å². The molecule has 0 atom stereocenters. The molecule has 17 heavy (non-hydrogen) atoms. The monoisotopic (exact) mass is 221 g/mol. The van der Waals surface area contributed by atoms with Crippen molar-refractivity contribution in [3.05, 3.63) is 54.5 Å². The average Bonchev–Trinajstić information content (AvgIpc) is 2.38. The Morgan fingerprint density at radius 2 is 1.76 bits per heavy atom. The van der Waals surface area contributed by atoms with Gasteiger partial charge in [-0.1, -0.05) is 24.3 Å². The maximum Gasteiger partial charge on any atom is 0.116 e. The first-order valence-corrected chi connectivity index (χ1v) is 5.48. The fourth-order valence-corrected chi connectivity index (χ4v) is 1.80. The van der Waals surface area contributed by atoms with Crippen LogP contribution in [-0.2, 0) is 0 Å². The Morgan fingerprint density at radius 1 is 0.882 bits per heavy atom. The molecule has 3 rings (SSSR count). The molecule has 0 fully saturated rings. The summed E-state index contributed by atoms with van der Waals surface area (Å²) in [5, 5.41) is 1.14. The van der Waals surface area contributed by atoms with Gasteiger partial charge in [-0.15, -0.1) is 0 Å². The lowest BCUT2D eigenvalue weighted by atomic mass is 10.1. The smallest absolute Gasteiger partial charge is 0.116 e. The second-order valence-corrected chi connectivity index (χ2v) is 3.93. The van der Waals surface area contributed by atoms with E-state index in [0.29, 0.717) is 0 Å². The molecule has 0 aliphatic carbocycles. The number of hydrogen-bond acceptors (Lipinski definition) is 3. The highest BCUT2D eigenvalue weighted by molar-refractivity contribution is 5.80. The number of para-hydroxylation sites is 1. The zero-order valence-electron chi connectivity index (χ0n) is 9.46. The normalized spacial score (nSPS) is 10.6. The fourth-order valence-electron chi connectivity index (χ4n) is 1.80. The van der Waals surface area contributed by atoms with Crippen LogP contribution in [0.5, 0.6) is 0 Å². The number of pyridine rings is 1. The molecule has 0 radical (unpaired) electrons. The molecule has 3 aromatic rings. The Bertz CT molecular complexity index is 677. The molecule has 2 heterocycles. The number of fused-ring (bicyclic) bond motifs is 1. The van der Waals surface area contributed by atoms with Gasteiger partial charge < -0.3 is 0 Å². The van der Waals surface area contributed by atoms with Crippen LogP contribution in [0.15, 0.2) is 48.8 Å². The summed E-state index contributed by atoms with van der Waals surface area (Å²) in [6.45, 7) is 1.95. The van der Waals surface area contributed by atoms with E-state index in [9.17, 15) is 0 Å². The van der Waals surface area contributed by atoms with Crippen molar-refractivity contribution in [2.75, 3.05) is 0 Å². The Kier molecular flexibility index (Phi) is 2.29. The van der Waals surface area contributed by atoms with E-state index in [4.69, 9.17) is 0 Å². The zero-order chi connectivity index (χ0) is 11.7. The molecule has 0 aliphatic rings. The van der Waals surface area contributed by atoms with Crippen molar-refractivity contribution in [3.63, 3.8) is 0 Å². The molecule has 0 N–H and O–H groups in total. The van der Waals surface area contributed by atoms with E-state index in [1.54, 1.807) is 6.33 Å². The average molecular weight is 221 g/mol. The van der Waals surface area contributed by atoms with Crippen molar-refractivity contribution in [1.82, 2.24) is 15.0 Å². The summed E-state index contributed by atoms with van der Waals surface area (Å²) in [4.78, 5) is 12.9. The predicted octanol–water partition coefficient (Wildman–Crippen LogP) is 3.00. The largest absolute Gasteiger partial charge is 0.246 e. The molecule has 1 aromatic carbocycles. The highest BCUT2D eigenvalue weighted by Crippen LogP contribution is 2.18. The van der Waals surface area contributed by atoms with Crippen molar-refractivity contribution in [1.29, 1.82) is 0 Å². The first-order chi connectivity index (χ1) is 8.33. The molecule has 0 unspecified atom stereocenters. The van der Waals surface area contributed by atoms with Crippen molar-refractivity contribution in [2.24, 2.45) is 0 Å². The Balaban J connectivity index is 2.18. The minimum absolute atomic E-state index is 0.864. The number of hydrogen-bond donors (Lipinski definition) is 0. The minimum Gasteiger partial charge on any atom is -0.246 e. The van der Waals surface area contributed by atoms with E-state index in [-0.39, 0.29) is 0 Å². The van der Waals surface area contributed by atoms with Crippen LogP contribution in [0.3, 0.4) is 0 Å². The third-order valence-electron chi connectivity index (χ3n) is 2.66. The van der Waals surface area contributed by atoms with Crippen LogP contribution in [0.4, 0.5) is 0 Å². The van der Waals surface area contributed by atoms with Crippen molar-refractivity contribution >= 4 is 10.9 Å². The Labute approximate surface area is 99.2 Å². The lowest BCUT2D eigenvalue weighted by Gasteiger charge is -2.02. The fraction of sp³-hybridized carbons (Fsp3) is 0.0714.